The van der Waals surface area contributed by atoms with Gasteiger partial charge >= 0.3 is 5.97 Å². The molecule has 1 aromatic heterocycles. The van der Waals surface area contributed by atoms with Crippen LogP contribution in [0.1, 0.15) is 25.4 Å². The van der Waals surface area contributed by atoms with Crippen LogP contribution in [-0.4, -0.2) is 16.8 Å². The molecule has 0 aromatic carbocycles. The molecule has 1 atom stereocenters. The second-order valence-electron chi connectivity index (χ2n) is 3.48. The average molecular weight is 228 g/mol. The Morgan fingerprint density at radius 3 is 2.73 bits per heavy atom. The highest BCUT2D eigenvalue weighted by molar-refractivity contribution is 7.98. The molecule has 84 valence electrons. The van der Waals surface area contributed by atoms with Crippen molar-refractivity contribution >= 4 is 17.7 Å². The first kappa shape index (κ1) is 12.2. The maximum atomic E-state index is 10.6. The molecule has 0 aliphatic heterocycles. The Morgan fingerprint density at radius 2 is 2.20 bits per heavy atom. The van der Waals surface area contributed by atoms with Gasteiger partial charge in [-0.2, -0.15) is 11.8 Å². The lowest BCUT2D eigenvalue weighted by Crippen LogP contribution is -2.11. The van der Waals surface area contributed by atoms with Gasteiger partial charge in [-0.25, -0.2) is 0 Å². The van der Waals surface area contributed by atoms with Crippen LogP contribution in [0.5, 0.6) is 0 Å². The van der Waals surface area contributed by atoms with Crippen molar-refractivity contribution in [2.75, 3.05) is 5.75 Å². The topological polar surface area (TPSA) is 50.4 Å². The van der Waals surface area contributed by atoms with Crippen molar-refractivity contribution in [1.82, 2.24) is 0 Å². The highest BCUT2D eigenvalue weighted by atomic mass is 32.2. The van der Waals surface area contributed by atoms with Crippen LogP contribution in [0.3, 0.4) is 0 Å². The maximum absolute atomic E-state index is 10.6. The Labute approximate surface area is 93.9 Å². The second-order valence-corrected chi connectivity index (χ2v) is 4.51. The fourth-order valence-electron chi connectivity index (χ4n) is 1.10. The van der Waals surface area contributed by atoms with Gasteiger partial charge in [0.15, 0.2) is 0 Å². The molecule has 0 bridgehead atoms. The third kappa shape index (κ3) is 4.00. The molecule has 0 amide bonds. The molecule has 4 heteroatoms. The van der Waals surface area contributed by atoms with Crippen LogP contribution in [0.4, 0.5) is 0 Å². The smallest absolute Gasteiger partial charge is 0.307 e. The van der Waals surface area contributed by atoms with E-state index in [0.717, 1.165) is 23.7 Å². The van der Waals surface area contributed by atoms with Gasteiger partial charge in [-0.15, -0.1) is 0 Å². The predicted molar refractivity (Wildman–Crippen MR) is 61.0 cm³/mol. The van der Waals surface area contributed by atoms with E-state index in [1.165, 1.54) is 0 Å². The van der Waals surface area contributed by atoms with E-state index in [2.05, 4.69) is 0 Å². The SMILES string of the molecule is CCc1ccc(CSCC(C)C(=O)O)o1. The van der Waals surface area contributed by atoms with Crippen LogP contribution in [0.15, 0.2) is 16.5 Å². The van der Waals surface area contributed by atoms with Gasteiger partial charge in [0.2, 0.25) is 0 Å². The number of carbonyl (C=O) groups is 1. The number of thioether (sulfide) groups is 1. The number of furan rings is 1. The molecule has 1 rings (SSSR count). The summed E-state index contributed by atoms with van der Waals surface area (Å²) in [7, 11) is 0. The highest BCUT2D eigenvalue weighted by Crippen LogP contribution is 2.18. The lowest BCUT2D eigenvalue weighted by Gasteiger charge is -2.03. The largest absolute Gasteiger partial charge is 0.481 e. The summed E-state index contributed by atoms with van der Waals surface area (Å²) in [4.78, 5) is 10.6. The van der Waals surface area contributed by atoms with Crippen molar-refractivity contribution in [3.63, 3.8) is 0 Å². The number of carboxylic acids is 1. The maximum Gasteiger partial charge on any atom is 0.307 e. The number of hydrogen-bond donors (Lipinski definition) is 1. The fraction of sp³-hybridized carbons (Fsp3) is 0.545. The van der Waals surface area contributed by atoms with Gasteiger partial charge in [0, 0.05) is 12.2 Å². The highest BCUT2D eigenvalue weighted by Gasteiger charge is 2.10. The van der Waals surface area contributed by atoms with E-state index in [1.807, 2.05) is 19.1 Å². The molecule has 1 N–H and O–H groups in total. The molecular weight excluding hydrogens is 212 g/mol. The van der Waals surface area contributed by atoms with Crippen LogP contribution in [0.25, 0.3) is 0 Å². The molecule has 0 aliphatic carbocycles. The zero-order valence-corrected chi connectivity index (χ0v) is 9.84. The number of hydrogen-bond acceptors (Lipinski definition) is 3. The minimum Gasteiger partial charge on any atom is -0.481 e. The minimum absolute atomic E-state index is 0.296. The summed E-state index contributed by atoms with van der Waals surface area (Å²) in [5, 5.41) is 8.68. The molecule has 0 aliphatic rings. The Balaban J connectivity index is 2.28. The van der Waals surface area contributed by atoms with E-state index < -0.39 is 5.97 Å². The minimum atomic E-state index is -0.740. The lowest BCUT2D eigenvalue weighted by atomic mass is 10.2. The molecule has 0 saturated heterocycles. The van der Waals surface area contributed by atoms with Gasteiger partial charge in [-0.1, -0.05) is 13.8 Å². The number of aliphatic carboxylic acids is 1. The van der Waals surface area contributed by atoms with Gasteiger partial charge < -0.3 is 9.52 Å². The van der Waals surface area contributed by atoms with Gasteiger partial charge in [0.05, 0.1) is 11.7 Å². The first-order valence-corrected chi connectivity index (χ1v) is 6.17. The van der Waals surface area contributed by atoms with Crippen molar-refractivity contribution in [2.45, 2.75) is 26.0 Å². The lowest BCUT2D eigenvalue weighted by molar-refractivity contribution is -0.140. The predicted octanol–water partition coefficient (Wildman–Crippen LogP) is 2.80. The van der Waals surface area contributed by atoms with E-state index in [4.69, 9.17) is 9.52 Å². The summed E-state index contributed by atoms with van der Waals surface area (Å²) in [5.41, 5.74) is 0. The van der Waals surface area contributed by atoms with Gasteiger partial charge in [0.1, 0.15) is 11.5 Å². The molecule has 3 nitrogen and oxygen atoms in total. The van der Waals surface area contributed by atoms with E-state index in [-0.39, 0.29) is 5.92 Å². The Hall–Kier alpha value is -0.900. The van der Waals surface area contributed by atoms with Crippen LogP contribution in [-0.2, 0) is 17.0 Å². The average Bonchev–Trinajstić information content (AvgIpc) is 2.65. The molecule has 15 heavy (non-hydrogen) atoms. The van der Waals surface area contributed by atoms with Crippen molar-refractivity contribution in [2.24, 2.45) is 5.92 Å². The molecule has 0 saturated carbocycles. The van der Waals surface area contributed by atoms with E-state index in [0.29, 0.717) is 5.75 Å². The quantitative estimate of drug-likeness (QED) is 0.813. The van der Waals surface area contributed by atoms with Crippen LogP contribution >= 0.6 is 11.8 Å². The summed E-state index contributed by atoms with van der Waals surface area (Å²) < 4.78 is 5.51. The van der Waals surface area contributed by atoms with Crippen LogP contribution in [0.2, 0.25) is 0 Å². The fourth-order valence-corrected chi connectivity index (χ4v) is 2.07. The van der Waals surface area contributed by atoms with Crippen molar-refractivity contribution in [3.8, 4) is 0 Å². The molecule has 0 spiro atoms. The van der Waals surface area contributed by atoms with Crippen molar-refractivity contribution in [3.05, 3.63) is 23.7 Å². The Morgan fingerprint density at radius 1 is 1.53 bits per heavy atom. The van der Waals surface area contributed by atoms with Gasteiger partial charge in [0.25, 0.3) is 0 Å². The normalized spacial score (nSPS) is 12.7. The molecular formula is C11H16O3S. The first-order valence-electron chi connectivity index (χ1n) is 5.01. The summed E-state index contributed by atoms with van der Waals surface area (Å²) in [6.45, 7) is 3.76. The van der Waals surface area contributed by atoms with E-state index >= 15 is 0 Å². The van der Waals surface area contributed by atoms with E-state index in [1.54, 1.807) is 18.7 Å². The summed E-state index contributed by atoms with van der Waals surface area (Å²) in [6, 6.07) is 3.92. The van der Waals surface area contributed by atoms with Crippen molar-refractivity contribution < 1.29 is 14.3 Å². The monoisotopic (exact) mass is 228 g/mol. The molecule has 1 unspecified atom stereocenters. The Kier molecular flexibility index (Phi) is 4.75. The molecule has 1 heterocycles. The van der Waals surface area contributed by atoms with Gasteiger partial charge in [-0.05, 0) is 12.1 Å². The zero-order chi connectivity index (χ0) is 11.3. The second kappa shape index (κ2) is 5.85. The molecule has 0 fully saturated rings. The third-order valence-corrected chi connectivity index (χ3v) is 3.32. The zero-order valence-electron chi connectivity index (χ0n) is 9.03. The number of rotatable bonds is 6. The van der Waals surface area contributed by atoms with Crippen LogP contribution in [0, 0.1) is 5.92 Å². The first-order chi connectivity index (χ1) is 7.13. The van der Waals surface area contributed by atoms with Crippen LogP contribution < -0.4 is 0 Å². The summed E-state index contributed by atoms with van der Waals surface area (Å²) >= 11 is 1.59. The summed E-state index contributed by atoms with van der Waals surface area (Å²) in [5.74, 6) is 2.24. The third-order valence-electron chi connectivity index (χ3n) is 2.10. The molecule has 0 radical (unpaired) electrons. The molecule has 1 aromatic rings. The van der Waals surface area contributed by atoms with Gasteiger partial charge in [-0.3, -0.25) is 4.79 Å². The van der Waals surface area contributed by atoms with Crippen molar-refractivity contribution in [1.29, 1.82) is 0 Å². The van der Waals surface area contributed by atoms with E-state index in [9.17, 15) is 4.79 Å². The summed E-state index contributed by atoms with van der Waals surface area (Å²) in [6.07, 6.45) is 0.899. The standard InChI is InChI=1S/C11H16O3S/c1-3-9-4-5-10(14-9)7-15-6-8(2)11(12)13/h4-5,8H,3,6-7H2,1-2H3,(H,12,13). The number of carboxylic acid groups (broad SMARTS) is 1. The number of aryl methyl sites for hydroxylation is 1. The Bertz CT molecular complexity index is 319.